The molecule has 0 amide bonds. The highest BCUT2D eigenvalue weighted by Crippen LogP contribution is 2.20. The first kappa shape index (κ1) is 17.8. The molecule has 0 saturated carbocycles. The SMILES string of the molecule is c1cnn(-c2ccc(N3CCN(c4ccnc(N5CCOCC5)n4)CC3)nn2)c1. The highest BCUT2D eigenvalue weighted by molar-refractivity contribution is 5.47. The summed E-state index contributed by atoms with van der Waals surface area (Å²) in [7, 11) is 0. The van der Waals surface area contributed by atoms with Crippen molar-refractivity contribution in [1.29, 1.82) is 0 Å². The molecular formula is C19H23N9O. The fourth-order valence-corrected chi connectivity index (χ4v) is 3.61. The lowest BCUT2D eigenvalue weighted by Gasteiger charge is -2.36. The van der Waals surface area contributed by atoms with E-state index in [4.69, 9.17) is 9.72 Å². The van der Waals surface area contributed by atoms with E-state index < -0.39 is 0 Å². The van der Waals surface area contributed by atoms with E-state index in [2.05, 4.69) is 35.0 Å². The summed E-state index contributed by atoms with van der Waals surface area (Å²) in [5.41, 5.74) is 0. The van der Waals surface area contributed by atoms with Crippen LogP contribution in [0.5, 0.6) is 0 Å². The number of hydrogen-bond acceptors (Lipinski definition) is 9. The zero-order valence-corrected chi connectivity index (χ0v) is 16.1. The Morgan fingerprint density at radius 2 is 1.45 bits per heavy atom. The molecule has 2 saturated heterocycles. The average molecular weight is 393 g/mol. The predicted octanol–water partition coefficient (Wildman–Crippen LogP) is 0.615. The maximum absolute atomic E-state index is 5.42. The lowest BCUT2D eigenvalue weighted by Crippen LogP contribution is -2.47. The van der Waals surface area contributed by atoms with Crippen LogP contribution in [0.3, 0.4) is 0 Å². The van der Waals surface area contributed by atoms with E-state index in [1.165, 1.54) is 0 Å². The first-order valence-corrected chi connectivity index (χ1v) is 9.86. The Hall–Kier alpha value is -3.27. The molecular weight excluding hydrogens is 370 g/mol. The van der Waals surface area contributed by atoms with E-state index in [9.17, 15) is 0 Å². The molecule has 0 spiro atoms. The summed E-state index contributed by atoms with van der Waals surface area (Å²) in [5.74, 6) is 3.36. The van der Waals surface area contributed by atoms with Gasteiger partial charge < -0.3 is 19.4 Å². The Balaban J connectivity index is 1.22. The lowest BCUT2D eigenvalue weighted by molar-refractivity contribution is 0.122. The Morgan fingerprint density at radius 3 is 2.14 bits per heavy atom. The highest BCUT2D eigenvalue weighted by Gasteiger charge is 2.21. The van der Waals surface area contributed by atoms with Gasteiger partial charge in [-0.1, -0.05) is 0 Å². The maximum Gasteiger partial charge on any atom is 0.227 e. The molecule has 5 rings (SSSR count). The van der Waals surface area contributed by atoms with E-state index in [0.717, 1.165) is 70.1 Å². The van der Waals surface area contributed by atoms with E-state index in [1.807, 2.05) is 36.7 Å². The fourth-order valence-electron chi connectivity index (χ4n) is 3.61. The van der Waals surface area contributed by atoms with Crippen molar-refractivity contribution < 1.29 is 4.74 Å². The van der Waals surface area contributed by atoms with E-state index >= 15 is 0 Å². The molecule has 0 aliphatic carbocycles. The summed E-state index contributed by atoms with van der Waals surface area (Å²) in [6.07, 6.45) is 5.43. The molecule has 0 unspecified atom stereocenters. The molecule has 29 heavy (non-hydrogen) atoms. The van der Waals surface area contributed by atoms with Gasteiger partial charge in [0.2, 0.25) is 5.95 Å². The lowest BCUT2D eigenvalue weighted by atomic mass is 10.3. The smallest absolute Gasteiger partial charge is 0.227 e. The van der Waals surface area contributed by atoms with Gasteiger partial charge in [-0.3, -0.25) is 0 Å². The molecule has 3 aromatic rings. The summed E-state index contributed by atoms with van der Waals surface area (Å²) >= 11 is 0. The summed E-state index contributed by atoms with van der Waals surface area (Å²) in [5, 5.41) is 12.9. The number of hydrogen-bond donors (Lipinski definition) is 0. The first-order chi connectivity index (χ1) is 14.4. The Bertz CT molecular complexity index is 917. The standard InChI is InChI=1S/C19H23N9O/c1-5-21-28(7-1)18-3-2-17(23-24-18)26-10-8-25(9-11-26)16-4-6-20-19(22-16)27-12-14-29-15-13-27/h1-7H,8-15H2. The van der Waals surface area contributed by atoms with Crippen LogP contribution in [0, 0.1) is 0 Å². The molecule has 2 aliphatic heterocycles. The van der Waals surface area contributed by atoms with Crippen molar-refractivity contribution in [3.05, 3.63) is 42.9 Å². The molecule has 0 aromatic carbocycles. The minimum atomic E-state index is 0.717. The van der Waals surface area contributed by atoms with E-state index in [0.29, 0.717) is 5.82 Å². The van der Waals surface area contributed by atoms with Crippen LogP contribution >= 0.6 is 0 Å². The molecule has 2 fully saturated rings. The monoisotopic (exact) mass is 393 g/mol. The van der Waals surface area contributed by atoms with Crippen molar-refractivity contribution in [1.82, 2.24) is 29.9 Å². The summed E-state index contributed by atoms with van der Waals surface area (Å²) < 4.78 is 7.13. The van der Waals surface area contributed by atoms with Crippen LogP contribution < -0.4 is 14.7 Å². The molecule has 0 bridgehead atoms. The van der Waals surface area contributed by atoms with Crippen molar-refractivity contribution in [2.75, 3.05) is 67.2 Å². The van der Waals surface area contributed by atoms with Gasteiger partial charge in [0.1, 0.15) is 5.82 Å². The highest BCUT2D eigenvalue weighted by atomic mass is 16.5. The van der Waals surface area contributed by atoms with Crippen LogP contribution in [0.15, 0.2) is 42.9 Å². The normalized spacial score (nSPS) is 17.6. The topological polar surface area (TPSA) is 88.3 Å². The van der Waals surface area contributed by atoms with Gasteiger partial charge in [-0.05, 0) is 24.3 Å². The molecule has 10 nitrogen and oxygen atoms in total. The van der Waals surface area contributed by atoms with Crippen LogP contribution in [-0.4, -0.2) is 82.4 Å². The molecule has 0 N–H and O–H groups in total. The number of morpholine rings is 1. The van der Waals surface area contributed by atoms with Crippen molar-refractivity contribution in [2.24, 2.45) is 0 Å². The summed E-state index contributed by atoms with van der Waals surface area (Å²) in [6.45, 7) is 6.62. The molecule has 0 radical (unpaired) electrons. The third-order valence-corrected chi connectivity index (χ3v) is 5.23. The third-order valence-electron chi connectivity index (χ3n) is 5.23. The number of piperazine rings is 1. The fraction of sp³-hybridized carbons (Fsp3) is 0.421. The number of nitrogens with zero attached hydrogens (tertiary/aromatic N) is 9. The van der Waals surface area contributed by atoms with Crippen molar-refractivity contribution in [3.63, 3.8) is 0 Å². The number of ether oxygens (including phenoxy) is 1. The van der Waals surface area contributed by atoms with Gasteiger partial charge in [-0.2, -0.15) is 10.1 Å². The Morgan fingerprint density at radius 1 is 0.724 bits per heavy atom. The van der Waals surface area contributed by atoms with Gasteiger partial charge in [-0.25, -0.2) is 9.67 Å². The number of rotatable bonds is 4. The van der Waals surface area contributed by atoms with Crippen LogP contribution in [0.4, 0.5) is 17.6 Å². The molecule has 10 heteroatoms. The van der Waals surface area contributed by atoms with Crippen LogP contribution in [0.1, 0.15) is 0 Å². The minimum Gasteiger partial charge on any atom is -0.378 e. The first-order valence-electron chi connectivity index (χ1n) is 9.86. The third kappa shape index (κ3) is 3.83. The van der Waals surface area contributed by atoms with E-state index in [-0.39, 0.29) is 0 Å². The molecule has 2 aliphatic rings. The molecule has 150 valence electrons. The van der Waals surface area contributed by atoms with Crippen molar-refractivity contribution >= 4 is 17.6 Å². The van der Waals surface area contributed by atoms with Gasteiger partial charge in [0.15, 0.2) is 11.6 Å². The van der Waals surface area contributed by atoms with Gasteiger partial charge in [0.05, 0.1) is 13.2 Å². The second-order valence-corrected chi connectivity index (χ2v) is 6.99. The molecule has 0 atom stereocenters. The average Bonchev–Trinajstić information content (AvgIpc) is 3.35. The second-order valence-electron chi connectivity index (χ2n) is 6.99. The van der Waals surface area contributed by atoms with Gasteiger partial charge in [0.25, 0.3) is 0 Å². The van der Waals surface area contributed by atoms with Gasteiger partial charge >= 0.3 is 0 Å². The minimum absolute atomic E-state index is 0.717. The zero-order valence-electron chi connectivity index (χ0n) is 16.1. The van der Waals surface area contributed by atoms with Gasteiger partial charge in [0, 0.05) is 57.9 Å². The van der Waals surface area contributed by atoms with Crippen LogP contribution in [-0.2, 0) is 4.74 Å². The largest absolute Gasteiger partial charge is 0.378 e. The van der Waals surface area contributed by atoms with Gasteiger partial charge in [-0.15, -0.1) is 10.2 Å². The summed E-state index contributed by atoms with van der Waals surface area (Å²) in [4.78, 5) is 16.0. The van der Waals surface area contributed by atoms with Crippen LogP contribution in [0.2, 0.25) is 0 Å². The molecule has 5 heterocycles. The predicted molar refractivity (Wildman–Crippen MR) is 109 cm³/mol. The molecule has 3 aromatic heterocycles. The second kappa shape index (κ2) is 8.00. The Labute approximate surface area is 168 Å². The van der Waals surface area contributed by atoms with Crippen molar-refractivity contribution in [2.45, 2.75) is 0 Å². The summed E-state index contributed by atoms with van der Waals surface area (Å²) in [6, 6.07) is 7.80. The number of aromatic nitrogens is 6. The van der Waals surface area contributed by atoms with E-state index in [1.54, 1.807) is 10.9 Å². The number of anilines is 3. The quantitative estimate of drug-likeness (QED) is 0.633. The van der Waals surface area contributed by atoms with Crippen molar-refractivity contribution in [3.8, 4) is 5.82 Å². The Kier molecular flexibility index (Phi) is 4.91. The zero-order chi connectivity index (χ0) is 19.5. The maximum atomic E-state index is 5.42. The van der Waals surface area contributed by atoms with Crippen LogP contribution in [0.25, 0.3) is 5.82 Å².